The lowest BCUT2D eigenvalue weighted by Crippen LogP contribution is -2.32. The standard InChI is InChI=1S/C33H31N5OS/c1-22-21-27(23(2)38(22)29-17-10-12-24-11-6-7-15-26(24)29)32-31(28-16-8-9-19-34-28)36-33(40)37(32)20-18-30(39)35-25-13-4-3-5-14-25/h3-17,19,21,31-32H,18,20H2,1-2H3,(H,35,39)(H,36,40)/t31-,32+/m1/s1. The molecule has 1 saturated heterocycles. The Morgan fingerprint density at radius 2 is 1.70 bits per heavy atom. The van der Waals surface area contributed by atoms with Gasteiger partial charge in [-0.25, -0.2) is 0 Å². The van der Waals surface area contributed by atoms with E-state index in [-0.39, 0.29) is 18.0 Å². The molecule has 1 aliphatic rings. The summed E-state index contributed by atoms with van der Waals surface area (Å²) in [7, 11) is 0. The number of fused-ring (bicyclic) bond motifs is 1. The second-order valence-corrected chi connectivity index (χ2v) is 10.5. The number of amides is 1. The molecular formula is C33H31N5OS. The van der Waals surface area contributed by atoms with Crippen molar-refractivity contribution in [2.24, 2.45) is 0 Å². The first-order valence-electron chi connectivity index (χ1n) is 13.5. The number of hydrogen-bond donors (Lipinski definition) is 2. The van der Waals surface area contributed by atoms with Crippen molar-refractivity contribution >= 4 is 39.7 Å². The lowest BCUT2D eigenvalue weighted by molar-refractivity contribution is -0.116. The molecule has 3 aromatic carbocycles. The maximum absolute atomic E-state index is 12.9. The number of pyridine rings is 1. The first kappa shape index (κ1) is 25.8. The zero-order valence-corrected chi connectivity index (χ0v) is 23.4. The third-order valence-electron chi connectivity index (χ3n) is 7.63. The number of benzene rings is 3. The molecule has 40 heavy (non-hydrogen) atoms. The summed E-state index contributed by atoms with van der Waals surface area (Å²) in [5.74, 6) is -0.0461. The number of aryl methyl sites for hydroxylation is 1. The molecule has 1 amide bonds. The van der Waals surface area contributed by atoms with Crippen LogP contribution in [0.1, 0.15) is 41.1 Å². The maximum atomic E-state index is 12.9. The van der Waals surface area contributed by atoms with Crippen LogP contribution in [-0.2, 0) is 4.79 Å². The van der Waals surface area contributed by atoms with Gasteiger partial charge in [0.05, 0.1) is 23.5 Å². The zero-order chi connectivity index (χ0) is 27.6. The Hall–Kier alpha value is -4.49. The summed E-state index contributed by atoms with van der Waals surface area (Å²) in [6, 6.07) is 32.4. The summed E-state index contributed by atoms with van der Waals surface area (Å²) < 4.78 is 2.33. The van der Waals surface area contributed by atoms with Crippen molar-refractivity contribution in [2.75, 3.05) is 11.9 Å². The van der Waals surface area contributed by atoms with Crippen molar-refractivity contribution in [3.8, 4) is 5.69 Å². The number of para-hydroxylation sites is 1. The topological polar surface area (TPSA) is 62.2 Å². The van der Waals surface area contributed by atoms with Crippen LogP contribution in [0.2, 0.25) is 0 Å². The molecule has 200 valence electrons. The number of rotatable bonds is 7. The van der Waals surface area contributed by atoms with Gasteiger partial charge in [-0.3, -0.25) is 9.78 Å². The molecule has 0 spiro atoms. The molecule has 3 heterocycles. The predicted molar refractivity (Wildman–Crippen MR) is 165 cm³/mol. The number of aromatic nitrogens is 2. The van der Waals surface area contributed by atoms with Crippen LogP contribution in [0.5, 0.6) is 0 Å². The Kier molecular flexibility index (Phi) is 7.05. The molecule has 0 unspecified atom stereocenters. The smallest absolute Gasteiger partial charge is 0.226 e. The zero-order valence-electron chi connectivity index (χ0n) is 22.5. The van der Waals surface area contributed by atoms with Gasteiger partial charge < -0.3 is 20.1 Å². The Labute approximate surface area is 239 Å². The Balaban J connectivity index is 1.37. The minimum absolute atomic E-state index is 0.0461. The Bertz CT molecular complexity index is 1680. The molecular weight excluding hydrogens is 514 g/mol. The van der Waals surface area contributed by atoms with Gasteiger partial charge in [-0.15, -0.1) is 0 Å². The monoisotopic (exact) mass is 545 g/mol. The minimum atomic E-state index is -0.146. The molecule has 1 fully saturated rings. The average molecular weight is 546 g/mol. The number of carbonyl (C=O) groups excluding carboxylic acids is 1. The Morgan fingerprint density at radius 3 is 2.50 bits per heavy atom. The van der Waals surface area contributed by atoms with E-state index in [0.717, 1.165) is 34.0 Å². The van der Waals surface area contributed by atoms with E-state index < -0.39 is 0 Å². The number of carbonyl (C=O) groups is 1. The van der Waals surface area contributed by atoms with E-state index in [0.29, 0.717) is 18.1 Å². The summed E-state index contributed by atoms with van der Waals surface area (Å²) in [6.45, 7) is 4.80. The number of nitrogens with one attached hydrogen (secondary N) is 2. The number of nitrogens with zero attached hydrogens (tertiary/aromatic N) is 3. The van der Waals surface area contributed by atoms with Gasteiger partial charge in [-0.05, 0) is 73.4 Å². The van der Waals surface area contributed by atoms with Crippen LogP contribution in [0.3, 0.4) is 0 Å². The predicted octanol–water partition coefficient (Wildman–Crippen LogP) is 6.64. The minimum Gasteiger partial charge on any atom is -0.352 e. The summed E-state index contributed by atoms with van der Waals surface area (Å²) in [5, 5.41) is 9.55. The van der Waals surface area contributed by atoms with Crippen LogP contribution in [0.25, 0.3) is 16.5 Å². The molecule has 0 radical (unpaired) electrons. The molecule has 0 bridgehead atoms. The molecule has 0 aliphatic carbocycles. The number of thiocarbonyl (C=S) groups is 1. The largest absolute Gasteiger partial charge is 0.352 e. The van der Waals surface area contributed by atoms with Crippen molar-refractivity contribution in [2.45, 2.75) is 32.4 Å². The van der Waals surface area contributed by atoms with Crippen LogP contribution < -0.4 is 10.6 Å². The van der Waals surface area contributed by atoms with Crippen LogP contribution >= 0.6 is 12.2 Å². The van der Waals surface area contributed by atoms with Gasteiger partial charge in [0.2, 0.25) is 5.91 Å². The Morgan fingerprint density at radius 1 is 0.950 bits per heavy atom. The molecule has 2 aromatic heterocycles. The molecule has 6 nitrogen and oxygen atoms in total. The summed E-state index contributed by atoms with van der Waals surface area (Å²) in [5.41, 5.74) is 6.30. The SMILES string of the molecule is Cc1cc([C@H]2[C@@H](c3ccccn3)NC(=S)N2CCC(=O)Nc2ccccc2)c(C)n1-c1cccc2ccccc12. The highest BCUT2D eigenvalue weighted by molar-refractivity contribution is 7.80. The molecule has 5 aromatic rings. The van der Waals surface area contributed by atoms with Gasteiger partial charge in [-0.2, -0.15) is 0 Å². The molecule has 2 atom stereocenters. The summed E-state index contributed by atoms with van der Waals surface area (Å²) in [4.78, 5) is 19.7. The van der Waals surface area contributed by atoms with Gasteiger partial charge in [0, 0.05) is 41.6 Å². The summed E-state index contributed by atoms with van der Waals surface area (Å²) >= 11 is 5.86. The van der Waals surface area contributed by atoms with Crippen LogP contribution in [0.15, 0.2) is 103 Å². The van der Waals surface area contributed by atoms with Crippen LogP contribution in [0.4, 0.5) is 5.69 Å². The third kappa shape index (κ3) is 4.84. The van der Waals surface area contributed by atoms with Gasteiger partial charge in [0.1, 0.15) is 0 Å². The van der Waals surface area contributed by atoms with Gasteiger partial charge in [0.25, 0.3) is 0 Å². The average Bonchev–Trinajstić information content (AvgIpc) is 3.46. The van der Waals surface area contributed by atoms with Crippen molar-refractivity contribution in [1.29, 1.82) is 0 Å². The molecule has 2 N–H and O–H groups in total. The molecule has 7 heteroatoms. The van der Waals surface area contributed by atoms with Crippen LogP contribution in [0, 0.1) is 13.8 Å². The second-order valence-electron chi connectivity index (χ2n) is 10.1. The number of anilines is 1. The fourth-order valence-electron chi connectivity index (χ4n) is 5.81. The van der Waals surface area contributed by atoms with Gasteiger partial charge >= 0.3 is 0 Å². The van der Waals surface area contributed by atoms with Crippen molar-refractivity contribution in [3.05, 3.63) is 126 Å². The molecule has 6 rings (SSSR count). The fraction of sp³-hybridized carbons (Fsp3) is 0.182. The lowest BCUT2D eigenvalue weighted by Gasteiger charge is -2.28. The van der Waals surface area contributed by atoms with E-state index in [2.05, 4.69) is 87.5 Å². The van der Waals surface area contributed by atoms with Gasteiger partial charge in [-0.1, -0.05) is 60.7 Å². The molecule has 1 aliphatic heterocycles. The van der Waals surface area contributed by atoms with E-state index in [1.165, 1.54) is 10.8 Å². The van der Waals surface area contributed by atoms with Crippen molar-refractivity contribution in [1.82, 2.24) is 19.8 Å². The maximum Gasteiger partial charge on any atom is 0.226 e. The first-order valence-corrected chi connectivity index (χ1v) is 13.9. The quantitative estimate of drug-likeness (QED) is 0.225. The molecule has 0 saturated carbocycles. The first-order chi connectivity index (χ1) is 19.5. The highest BCUT2D eigenvalue weighted by Gasteiger charge is 2.41. The second kappa shape index (κ2) is 10.9. The van der Waals surface area contributed by atoms with Crippen molar-refractivity contribution < 1.29 is 4.79 Å². The fourth-order valence-corrected chi connectivity index (χ4v) is 6.14. The highest BCUT2D eigenvalue weighted by atomic mass is 32.1. The van der Waals surface area contributed by atoms with E-state index in [9.17, 15) is 4.79 Å². The van der Waals surface area contributed by atoms with Crippen LogP contribution in [-0.4, -0.2) is 32.0 Å². The normalized spacial score (nSPS) is 16.8. The summed E-state index contributed by atoms with van der Waals surface area (Å²) in [6.07, 6.45) is 2.12. The highest BCUT2D eigenvalue weighted by Crippen LogP contribution is 2.42. The lowest BCUT2D eigenvalue weighted by atomic mass is 9.96. The van der Waals surface area contributed by atoms with E-state index in [4.69, 9.17) is 12.2 Å². The number of hydrogen-bond acceptors (Lipinski definition) is 3. The van der Waals surface area contributed by atoms with E-state index >= 15 is 0 Å². The van der Waals surface area contributed by atoms with Gasteiger partial charge in [0.15, 0.2) is 5.11 Å². The van der Waals surface area contributed by atoms with E-state index in [1.807, 2.05) is 54.7 Å². The van der Waals surface area contributed by atoms with Crippen molar-refractivity contribution in [3.63, 3.8) is 0 Å². The third-order valence-corrected chi connectivity index (χ3v) is 7.98. The van der Waals surface area contributed by atoms with E-state index in [1.54, 1.807) is 0 Å².